The van der Waals surface area contributed by atoms with Crippen LogP contribution in [0.25, 0.3) is 16.8 Å². The Kier molecular flexibility index (Phi) is 7.26. The summed E-state index contributed by atoms with van der Waals surface area (Å²) in [4.78, 5) is 22.7. The van der Waals surface area contributed by atoms with Crippen LogP contribution in [0.4, 0.5) is 13.2 Å². The summed E-state index contributed by atoms with van der Waals surface area (Å²) in [5.74, 6) is -0.845. The van der Waals surface area contributed by atoms with Crippen LogP contribution in [0.2, 0.25) is 0 Å². The van der Waals surface area contributed by atoms with Gasteiger partial charge in [0.05, 0.1) is 36.2 Å². The molecule has 42 heavy (non-hydrogen) atoms. The minimum Gasteiger partial charge on any atom is -0.374 e. The largest absolute Gasteiger partial charge is 0.374 e. The number of imidazole rings is 1. The molecule has 4 heterocycles. The molecule has 2 fully saturated rings. The number of carbonyl (C=O) groups is 1. The van der Waals surface area contributed by atoms with Gasteiger partial charge < -0.3 is 15.4 Å². The quantitative estimate of drug-likeness (QED) is 0.361. The lowest BCUT2D eigenvalue weighted by Crippen LogP contribution is -2.54. The number of fused-ring (bicyclic) bond motifs is 1. The van der Waals surface area contributed by atoms with Gasteiger partial charge in [-0.3, -0.25) is 9.78 Å². The first-order chi connectivity index (χ1) is 20.1. The molecular formula is C31H33F3N6O2. The first kappa shape index (κ1) is 28.3. The summed E-state index contributed by atoms with van der Waals surface area (Å²) in [7, 11) is 1.80. The van der Waals surface area contributed by atoms with Gasteiger partial charge in [0.1, 0.15) is 17.5 Å². The second-order valence-electron chi connectivity index (χ2n) is 11.7. The van der Waals surface area contributed by atoms with Crippen LogP contribution in [0.1, 0.15) is 55.1 Å². The molecule has 1 amide bonds. The predicted octanol–water partition coefficient (Wildman–Crippen LogP) is 4.54. The Labute approximate surface area is 241 Å². The molecule has 8 nitrogen and oxygen atoms in total. The molecule has 11 heteroatoms. The molecule has 1 aliphatic heterocycles. The van der Waals surface area contributed by atoms with Crippen LogP contribution >= 0.6 is 0 Å². The lowest BCUT2D eigenvalue weighted by Gasteiger charge is -2.43. The summed E-state index contributed by atoms with van der Waals surface area (Å²) >= 11 is 0. The number of rotatable bonds is 6. The molecule has 1 aliphatic carbocycles. The Morgan fingerprint density at radius 2 is 1.90 bits per heavy atom. The number of likely N-dealkylation sites (N-methyl/N-ethyl adjacent to an activating group) is 1. The Bertz CT molecular complexity index is 1620. The summed E-state index contributed by atoms with van der Waals surface area (Å²) in [6.45, 7) is 3.23. The average molecular weight is 579 g/mol. The molecule has 0 bridgehead atoms. The van der Waals surface area contributed by atoms with Crippen molar-refractivity contribution >= 4 is 11.4 Å². The molecule has 0 spiro atoms. The maximum absolute atomic E-state index is 15.2. The second kappa shape index (κ2) is 10.8. The molecule has 1 saturated carbocycles. The van der Waals surface area contributed by atoms with Crippen LogP contribution in [0.3, 0.4) is 0 Å². The van der Waals surface area contributed by atoms with Crippen molar-refractivity contribution in [1.82, 2.24) is 24.5 Å². The van der Waals surface area contributed by atoms with E-state index in [0.717, 1.165) is 36.1 Å². The Hall–Kier alpha value is -3.83. The normalized spacial score (nSPS) is 23.5. The molecule has 2 aliphatic rings. The van der Waals surface area contributed by atoms with Gasteiger partial charge in [-0.2, -0.15) is 5.10 Å². The van der Waals surface area contributed by atoms with Crippen molar-refractivity contribution in [2.45, 2.75) is 56.8 Å². The van der Waals surface area contributed by atoms with Gasteiger partial charge in [0.25, 0.3) is 0 Å². The highest BCUT2D eigenvalue weighted by Crippen LogP contribution is 2.40. The molecule has 220 valence electrons. The number of alkyl halides is 1. The summed E-state index contributed by atoms with van der Waals surface area (Å²) < 4.78 is 51.5. The smallest absolute Gasteiger partial charge is 0.219 e. The number of carbonyl (C=O) groups excluding carboxylic acids is 1. The van der Waals surface area contributed by atoms with Gasteiger partial charge in [0.2, 0.25) is 5.91 Å². The topological polar surface area (TPSA) is 98.6 Å². The zero-order valence-electron chi connectivity index (χ0n) is 23.7. The minimum absolute atomic E-state index is 0.00148. The third-order valence-electron chi connectivity index (χ3n) is 8.84. The Balaban J connectivity index is 1.30. The number of benzene rings is 1. The molecule has 3 aromatic heterocycles. The van der Waals surface area contributed by atoms with Crippen LogP contribution in [0, 0.1) is 17.6 Å². The molecule has 2 N–H and O–H groups in total. The fourth-order valence-electron chi connectivity index (χ4n) is 6.57. The third kappa shape index (κ3) is 4.94. The Morgan fingerprint density at radius 3 is 2.55 bits per heavy atom. The van der Waals surface area contributed by atoms with Crippen LogP contribution in [-0.2, 0) is 21.6 Å². The van der Waals surface area contributed by atoms with E-state index in [4.69, 9.17) is 10.5 Å². The number of ether oxygens (including phenoxy) is 1. The number of nitrogens with two attached hydrogens (primary N) is 1. The highest BCUT2D eigenvalue weighted by molar-refractivity contribution is 5.73. The molecule has 1 aromatic carbocycles. The van der Waals surface area contributed by atoms with Crippen molar-refractivity contribution in [2.75, 3.05) is 20.3 Å². The van der Waals surface area contributed by atoms with Crippen LogP contribution < -0.4 is 5.73 Å². The van der Waals surface area contributed by atoms with Crippen molar-refractivity contribution in [3.63, 3.8) is 0 Å². The van der Waals surface area contributed by atoms with E-state index in [1.807, 2.05) is 6.07 Å². The minimum atomic E-state index is -1.89. The zero-order chi connectivity index (χ0) is 29.8. The van der Waals surface area contributed by atoms with E-state index in [2.05, 4.69) is 22.0 Å². The summed E-state index contributed by atoms with van der Waals surface area (Å²) in [6, 6.07) is 7.03. The number of hydrogen-bond donors (Lipinski definition) is 1. The van der Waals surface area contributed by atoms with Gasteiger partial charge in [-0.15, -0.1) is 0 Å². The van der Waals surface area contributed by atoms with E-state index in [0.29, 0.717) is 17.8 Å². The zero-order valence-corrected chi connectivity index (χ0v) is 23.7. The van der Waals surface area contributed by atoms with E-state index in [9.17, 15) is 9.18 Å². The molecule has 4 atom stereocenters. The third-order valence-corrected chi connectivity index (χ3v) is 8.84. The molecule has 0 unspecified atom stereocenters. The number of nitrogens with zero attached hydrogens (tertiary/aromatic N) is 5. The monoisotopic (exact) mass is 578 g/mol. The fraction of sp³-hybridized carbons (Fsp3) is 0.419. The first-order valence-electron chi connectivity index (χ1n) is 14.1. The molecular weight excluding hydrogens is 545 g/mol. The lowest BCUT2D eigenvalue weighted by molar-refractivity contribution is -0.135. The van der Waals surface area contributed by atoms with Gasteiger partial charge in [-0.05, 0) is 71.7 Å². The molecule has 1 saturated heterocycles. The van der Waals surface area contributed by atoms with E-state index in [-0.39, 0.29) is 59.9 Å². The average Bonchev–Trinajstić information content (AvgIpc) is 3.33. The van der Waals surface area contributed by atoms with E-state index in [1.165, 1.54) is 6.07 Å². The van der Waals surface area contributed by atoms with E-state index in [1.54, 1.807) is 48.0 Å². The van der Waals surface area contributed by atoms with Crippen molar-refractivity contribution in [1.29, 1.82) is 0 Å². The SMILES string of the molecule is CC(=O)N(C)[C@@H]1[C@H](N)C[C@H](c2ccncc2Cc2ncc3ccc(-c4c(F)cc(C5(F)COC5)cc4F)nn23)C[C@@H]1C. The number of halogens is 3. The molecule has 4 aromatic rings. The van der Waals surface area contributed by atoms with Crippen molar-refractivity contribution in [2.24, 2.45) is 11.7 Å². The molecule has 0 radical (unpaired) electrons. The maximum atomic E-state index is 15.2. The number of aromatic nitrogens is 4. The number of amides is 1. The van der Waals surface area contributed by atoms with Gasteiger partial charge in [0.15, 0.2) is 5.67 Å². The highest BCUT2D eigenvalue weighted by atomic mass is 19.1. The van der Waals surface area contributed by atoms with Crippen LogP contribution in [-0.4, -0.2) is 62.7 Å². The van der Waals surface area contributed by atoms with Gasteiger partial charge in [0, 0.05) is 44.9 Å². The van der Waals surface area contributed by atoms with E-state index >= 15 is 8.78 Å². The van der Waals surface area contributed by atoms with Crippen LogP contribution in [0.15, 0.2) is 48.9 Å². The standard InChI is InChI=1S/C31H33F3N6O2/c1-17-8-19(9-26(35)30(17)39(3)18(2)41)23-6-7-36-13-20(23)10-28-37-14-22-4-5-27(38-40(22)28)29-24(32)11-21(12-25(29)33)31(34)15-42-16-31/h4-7,11-14,17,19,26,30H,8-10,15-16,35H2,1-3H3/t17-,19+,26+,30-/m0/s1. The van der Waals surface area contributed by atoms with Crippen molar-refractivity contribution in [3.05, 3.63) is 83.1 Å². The summed E-state index contributed by atoms with van der Waals surface area (Å²) in [6.07, 6.45) is 7.18. The van der Waals surface area contributed by atoms with Gasteiger partial charge >= 0.3 is 0 Å². The molecule has 6 rings (SSSR count). The Morgan fingerprint density at radius 1 is 1.17 bits per heavy atom. The van der Waals surface area contributed by atoms with Crippen LogP contribution in [0.5, 0.6) is 0 Å². The first-order valence-corrected chi connectivity index (χ1v) is 14.1. The van der Waals surface area contributed by atoms with Crippen molar-refractivity contribution in [3.8, 4) is 11.3 Å². The number of pyridine rings is 1. The van der Waals surface area contributed by atoms with E-state index < -0.39 is 17.3 Å². The summed E-state index contributed by atoms with van der Waals surface area (Å²) in [5.41, 5.74) is 7.10. The van der Waals surface area contributed by atoms with Gasteiger partial charge in [-0.1, -0.05) is 6.92 Å². The second-order valence-corrected chi connectivity index (χ2v) is 11.7. The lowest BCUT2D eigenvalue weighted by atomic mass is 9.72. The van der Waals surface area contributed by atoms with Gasteiger partial charge in [-0.25, -0.2) is 22.7 Å². The maximum Gasteiger partial charge on any atom is 0.219 e. The van der Waals surface area contributed by atoms with Crippen molar-refractivity contribution < 1.29 is 22.7 Å². The number of hydrogen-bond acceptors (Lipinski definition) is 6. The predicted molar refractivity (Wildman–Crippen MR) is 150 cm³/mol. The summed E-state index contributed by atoms with van der Waals surface area (Å²) in [5, 5.41) is 4.54. The fourth-order valence-corrected chi connectivity index (χ4v) is 6.57. The highest BCUT2D eigenvalue weighted by Gasteiger charge is 2.42.